The molecular weight excluding hydrogens is 186 g/mol. The highest BCUT2D eigenvalue weighted by atomic mass is 16.5. The molecule has 0 radical (unpaired) electrons. The molecule has 0 heterocycles. The Kier molecular flexibility index (Phi) is 4.63. The highest BCUT2D eigenvalue weighted by molar-refractivity contribution is 5.36. The molecule has 0 N–H and O–H groups in total. The average molecular weight is 207 g/mol. The molecule has 1 rings (SSSR count). The average Bonchev–Trinajstić information content (AvgIpc) is 2.22. The van der Waals surface area contributed by atoms with Crippen LogP contribution in [0.4, 0.5) is 0 Å². The molecule has 0 aliphatic rings. The van der Waals surface area contributed by atoms with Crippen LogP contribution >= 0.6 is 0 Å². The number of ether oxygens (including phenoxy) is 1. The molecule has 0 saturated heterocycles. The SMILES string of the molecule is CCOc1ccc(CN(C)CC)cc1C. The van der Waals surface area contributed by atoms with Crippen molar-refractivity contribution in [2.24, 2.45) is 0 Å². The van der Waals surface area contributed by atoms with Crippen molar-refractivity contribution in [2.75, 3.05) is 20.2 Å². The van der Waals surface area contributed by atoms with Gasteiger partial charge in [0, 0.05) is 6.54 Å². The Hall–Kier alpha value is -1.02. The Labute approximate surface area is 92.9 Å². The lowest BCUT2D eigenvalue weighted by molar-refractivity contribution is 0.335. The minimum atomic E-state index is 0.731. The van der Waals surface area contributed by atoms with Gasteiger partial charge in [-0.15, -0.1) is 0 Å². The summed E-state index contributed by atoms with van der Waals surface area (Å²) < 4.78 is 5.51. The molecule has 0 amide bonds. The van der Waals surface area contributed by atoms with E-state index in [1.807, 2.05) is 6.92 Å². The summed E-state index contributed by atoms with van der Waals surface area (Å²) in [6.07, 6.45) is 0. The smallest absolute Gasteiger partial charge is 0.122 e. The van der Waals surface area contributed by atoms with Gasteiger partial charge in [-0.05, 0) is 44.6 Å². The Balaban J connectivity index is 2.73. The Morgan fingerprint density at radius 3 is 2.53 bits per heavy atom. The van der Waals surface area contributed by atoms with E-state index in [2.05, 4.69) is 44.0 Å². The van der Waals surface area contributed by atoms with Gasteiger partial charge in [0.15, 0.2) is 0 Å². The van der Waals surface area contributed by atoms with Gasteiger partial charge in [-0.3, -0.25) is 0 Å². The quantitative estimate of drug-likeness (QED) is 0.736. The van der Waals surface area contributed by atoms with E-state index in [0.29, 0.717) is 0 Å². The lowest BCUT2D eigenvalue weighted by atomic mass is 10.1. The zero-order valence-corrected chi connectivity index (χ0v) is 10.2. The molecular formula is C13H21NO. The van der Waals surface area contributed by atoms with Crippen molar-refractivity contribution in [3.63, 3.8) is 0 Å². The molecule has 1 aromatic carbocycles. The molecule has 0 aromatic heterocycles. The van der Waals surface area contributed by atoms with Gasteiger partial charge in [-0.1, -0.05) is 19.1 Å². The van der Waals surface area contributed by atoms with Crippen LogP contribution in [0.2, 0.25) is 0 Å². The fourth-order valence-electron chi connectivity index (χ4n) is 1.55. The van der Waals surface area contributed by atoms with Crippen LogP contribution in [0.15, 0.2) is 18.2 Å². The summed E-state index contributed by atoms with van der Waals surface area (Å²) in [5.74, 6) is 1.00. The second-order valence-electron chi connectivity index (χ2n) is 3.86. The maximum absolute atomic E-state index is 5.51. The molecule has 0 bridgehead atoms. The van der Waals surface area contributed by atoms with Gasteiger partial charge in [-0.2, -0.15) is 0 Å². The first-order chi connectivity index (χ1) is 7.17. The van der Waals surface area contributed by atoms with Gasteiger partial charge in [0.05, 0.1) is 6.61 Å². The summed E-state index contributed by atoms with van der Waals surface area (Å²) in [6, 6.07) is 6.42. The van der Waals surface area contributed by atoms with Gasteiger partial charge < -0.3 is 9.64 Å². The van der Waals surface area contributed by atoms with Crippen molar-refractivity contribution in [2.45, 2.75) is 27.3 Å². The molecule has 84 valence electrons. The Morgan fingerprint density at radius 1 is 1.27 bits per heavy atom. The minimum absolute atomic E-state index is 0.731. The number of hydrogen-bond donors (Lipinski definition) is 0. The predicted molar refractivity (Wildman–Crippen MR) is 64.4 cm³/mol. The van der Waals surface area contributed by atoms with Crippen LogP contribution in [0.5, 0.6) is 5.75 Å². The van der Waals surface area contributed by atoms with Gasteiger partial charge >= 0.3 is 0 Å². The molecule has 0 atom stereocenters. The standard InChI is InChI=1S/C13H21NO/c1-5-14(4)10-12-7-8-13(15-6-2)11(3)9-12/h7-9H,5-6,10H2,1-4H3. The number of benzene rings is 1. The monoisotopic (exact) mass is 207 g/mol. The van der Waals surface area contributed by atoms with Crippen LogP contribution in [0.25, 0.3) is 0 Å². The molecule has 0 spiro atoms. The van der Waals surface area contributed by atoms with E-state index >= 15 is 0 Å². The maximum atomic E-state index is 5.51. The summed E-state index contributed by atoms with van der Waals surface area (Å²) in [6.45, 7) is 9.09. The van der Waals surface area contributed by atoms with Crippen LogP contribution in [-0.2, 0) is 6.54 Å². The third-order valence-electron chi connectivity index (χ3n) is 2.53. The van der Waals surface area contributed by atoms with E-state index in [9.17, 15) is 0 Å². The van der Waals surface area contributed by atoms with Gasteiger partial charge in [0.2, 0.25) is 0 Å². The lowest BCUT2D eigenvalue weighted by Gasteiger charge is -2.15. The first-order valence-corrected chi connectivity index (χ1v) is 5.58. The molecule has 2 nitrogen and oxygen atoms in total. The predicted octanol–water partition coefficient (Wildman–Crippen LogP) is 2.85. The third kappa shape index (κ3) is 3.56. The number of hydrogen-bond acceptors (Lipinski definition) is 2. The van der Waals surface area contributed by atoms with E-state index in [1.54, 1.807) is 0 Å². The van der Waals surface area contributed by atoms with Crippen LogP contribution in [0.3, 0.4) is 0 Å². The normalized spacial score (nSPS) is 10.7. The van der Waals surface area contributed by atoms with Crippen LogP contribution in [-0.4, -0.2) is 25.1 Å². The Bertz CT molecular complexity index is 309. The second-order valence-corrected chi connectivity index (χ2v) is 3.86. The summed E-state index contributed by atoms with van der Waals surface area (Å²) in [5.41, 5.74) is 2.57. The first kappa shape index (κ1) is 12.1. The summed E-state index contributed by atoms with van der Waals surface area (Å²) >= 11 is 0. The number of aryl methyl sites for hydroxylation is 1. The van der Waals surface area contributed by atoms with Crippen LogP contribution in [0, 0.1) is 6.92 Å². The highest BCUT2D eigenvalue weighted by Crippen LogP contribution is 2.19. The summed E-state index contributed by atoms with van der Waals surface area (Å²) in [5, 5.41) is 0. The van der Waals surface area contributed by atoms with Crippen molar-refractivity contribution >= 4 is 0 Å². The van der Waals surface area contributed by atoms with E-state index in [0.717, 1.165) is 25.4 Å². The highest BCUT2D eigenvalue weighted by Gasteiger charge is 2.02. The van der Waals surface area contributed by atoms with E-state index in [4.69, 9.17) is 4.74 Å². The topological polar surface area (TPSA) is 12.5 Å². The fraction of sp³-hybridized carbons (Fsp3) is 0.538. The Morgan fingerprint density at radius 2 is 2.00 bits per heavy atom. The summed E-state index contributed by atoms with van der Waals surface area (Å²) in [4.78, 5) is 2.29. The molecule has 0 saturated carbocycles. The number of nitrogens with zero attached hydrogens (tertiary/aromatic N) is 1. The molecule has 0 fully saturated rings. The first-order valence-electron chi connectivity index (χ1n) is 5.58. The molecule has 0 aliphatic heterocycles. The molecule has 15 heavy (non-hydrogen) atoms. The third-order valence-corrected chi connectivity index (χ3v) is 2.53. The molecule has 2 heteroatoms. The van der Waals surface area contributed by atoms with Crippen molar-refractivity contribution in [1.82, 2.24) is 4.90 Å². The van der Waals surface area contributed by atoms with E-state index < -0.39 is 0 Å². The largest absolute Gasteiger partial charge is 0.494 e. The van der Waals surface area contributed by atoms with Gasteiger partial charge in [-0.25, -0.2) is 0 Å². The van der Waals surface area contributed by atoms with Gasteiger partial charge in [0.1, 0.15) is 5.75 Å². The van der Waals surface area contributed by atoms with Crippen LogP contribution in [0.1, 0.15) is 25.0 Å². The molecule has 1 aromatic rings. The zero-order chi connectivity index (χ0) is 11.3. The second kappa shape index (κ2) is 5.76. The molecule has 0 aliphatic carbocycles. The van der Waals surface area contributed by atoms with Crippen molar-refractivity contribution < 1.29 is 4.74 Å². The lowest BCUT2D eigenvalue weighted by Crippen LogP contribution is -2.16. The summed E-state index contributed by atoms with van der Waals surface area (Å²) in [7, 11) is 2.13. The minimum Gasteiger partial charge on any atom is -0.494 e. The van der Waals surface area contributed by atoms with Crippen LogP contribution < -0.4 is 4.74 Å². The maximum Gasteiger partial charge on any atom is 0.122 e. The van der Waals surface area contributed by atoms with Crippen molar-refractivity contribution in [1.29, 1.82) is 0 Å². The zero-order valence-electron chi connectivity index (χ0n) is 10.2. The fourth-order valence-corrected chi connectivity index (χ4v) is 1.55. The van der Waals surface area contributed by atoms with Crippen molar-refractivity contribution in [3.8, 4) is 5.75 Å². The molecule has 0 unspecified atom stereocenters. The van der Waals surface area contributed by atoms with Gasteiger partial charge in [0.25, 0.3) is 0 Å². The van der Waals surface area contributed by atoms with E-state index in [1.165, 1.54) is 11.1 Å². The number of rotatable bonds is 5. The van der Waals surface area contributed by atoms with Crippen molar-refractivity contribution in [3.05, 3.63) is 29.3 Å². The van der Waals surface area contributed by atoms with E-state index in [-0.39, 0.29) is 0 Å².